The lowest BCUT2D eigenvalue weighted by Crippen LogP contribution is -3.00. The molecular weight excluding hydrogens is 435 g/mol. The average molecular weight is 466 g/mol. The van der Waals surface area contributed by atoms with Crippen LogP contribution >= 0.6 is 0 Å². The van der Waals surface area contributed by atoms with Gasteiger partial charge in [0.25, 0.3) is 0 Å². The first-order valence-corrected chi connectivity index (χ1v) is 9.76. The van der Waals surface area contributed by atoms with Crippen LogP contribution in [0.4, 0.5) is 11.4 Å². The van der Waals surface area contributed by atoms with E-state index in [0.717, 1.165) is 6.54 Å². The monoisotopic (exact) mass is 466 g/mol. The van der Waals surface area contributed by atoms with Crippen molar-refractivity contribution in [1.82, 2.24) is 4.98 Å². The van der Waals surface area contributed by atoms with Crippen LogP contribution in [0.5, 0.6) is 0 Å². The lowest BCUT2D eigenvalue weighted by atomic mass is 10.3. The second-order valence-electron chi connectivity index (χ2n) is 6.89. The van der Waals surface area contributed by atoms with Crippen molar-refractivity contribution in [1.29, 1.82) is 0 Å². The summed E-state index contributed by atoms with van der Waals surface area (Å²) in [5.74, 6) is 0. The van der Waals surface area contributed by atoms with Crippen LogP contribution in [-0.4, -0.2) is 31.2 Å². The van der Waals surface area contributed by atoms with Crippen molar-refractivity contribution in [2.45, 2.75) is 45.6 Å². The number of aromatic nitrogens is 2. The average Bonchev–Trinajstić information content (AvgIpc) is 3.38. The third kappa shape index (κ3) is 6.11. The number of rotatable bonds is 4. The number of anilines is 2. The third-order valence-corrected chi connectivity index (χ3v) is 4.96. The number of pyridine rings is 2. The lowest BCUT2D eigenvalue weighted by molar-refractivity contribution is -0.696. The van der Waals surface area contributed by atoms with E-state index in [1.165, 1.54) is 69.7 Å². The van der Waals surface area contributed by atoms with Crippen LogP contribution in [-0.2, 0) is 6.54 Å². The molecule has 0 saturated carbocycles. The Morgan fingerprint density at radius 3 is 1.73 bits per heavy atom. The SMILES string of the molecule is CCC[n+]1ccc(N2CCCC2)cc1.[I-].c1cc(N2CCCC2)ccn1. The van der Waals surface area contributed by atoms with Gasteiger partial charge >= 0.3 is 0 Å². The summed E-state index contributed by atoms with van der Waals surface area (Å²) in [6, 6.07) is 8.62. The fourth-order valence-electron chi connectivity index (χ4n) is 3.57. The summed E-state index contributed by atoms with van der Waals surface area (Å²) < 4.78 is 2.25. The molecule has 0 N–H and O–H groups in total. The minimum absolute atomic E-state index is 0. The standard InChI is InChI=1S/C12H19N2.C9H12N2.HI/c1-2-7-13-10-5-12(6-11-13)14-8-3-4-9-14;1-2-8-11(7-1)9-3-5-10-6-4-9;/h5-6,10-11H,2-4,7-9H2,1H3;3-6H,1-2,7-8H2;1H/q+1;;/p-1. The van der Waals surface area contributed by atoms with E-state index in [0.29, 0.717) is 0 Å². The summed E-state index contributed by atoms with van der Waals surface area (Å²) in [6.07, 6.45) is 14.7. The largest absolute Gasteiger partial charge is 1.00 e. The molecule has 2 aliphatic heterocycles. The van der Waals surface area contributed by atoms with E-state index in [4.69, 9.17) is 0 Å². The molecule has 2 aromatic rings. The minimum Gasteiger partial charge on any atom is -1.00 e. The van der Waals surface area contributed by atoms with Gasteiger partial charge in [0.15, 0.2) is 12.4 Å². The van der Waals surface area contributed by atoms with E-state index in [-0.39, 0.29) is 24.0 Å². The Morgan fingerprint density at radius 1 is 0.808 bits per heavy atom. The van der Waals surface area contributed by atoms with Gasteiger partial charge in [-0.25, -0.2) is 4.57 Å². The van der Waals surface area contributed by atoms with Crippen LogP contribution < -0.4 is 38.3 Å². The van der Waals surface area contributed by atoms with Crippen LogP contribution in [0.15, 0.2) is 49.1 Å². The Labute approximate surface area is 175 Å². The highest BCUT2D eigenvalue weighted by atomic mass is 127. The van der Waals surface area contributed by atoms with Crippen molar-refractivity contribution >= 4 is 11.4 Å². The highest BCUT2D eigenvalue weighted by Gasteiger charge is 2.13. The maximum absolute atomic E-state index is 3.99. The quantitative estimate of drug-likeness (QED) is 0.489. The summed E-state index contributed by atoms with van der Waals surface area (Å²) in [4.78, 5) is 8.86. The predicted octanol–water partition coefficient (Wildman–Crippen LogP) is 0.670. The summed E-state index contributed by atoms with van der Waals surface area (Å²) in [5, 5.41) is 0. The smallest absolute Gasteiger partial charge is 0.170 e. The molecule has 142 valence electrons. The first-order valence-electron chi connectivity index (χ1n) is 9.76. The van der Waals surface area contributed by atoms with Crippen molar-refractivity contribution < 1.29 is 28.5 Å². The zero-order chi connectivity index (χ0) is 17.3. The lowest BCUT2D eigenvalue weighted by Gasteiger charge is -2.16. The molecule has 0 aliphatic carbocycles. The Kier molecular flexibility index (Phi) is 9.15. The Bertz CT molecular complexity index is 606. The molecule has 2 aliphatic rings. The van der Waals surface area contributed by atoms with Crippen LogP contribution in [0.1, 0.15) is 39.0 Å². The molecule has 2 fully saturated rings. The van der Waals surface area contributed by atoms with Crippen molar-refractivity contribution in [2.24, 2.45) is 0 Å². The molecule has 0 unspecified atom stereocenters. The first-order chi connectivity index (χ1) is 12.4. The third-order valence-electron chi connectivity index (χ3n) is 4.96. The number of hydrogen-bond acceptors (Lipinski definition) is 3. The summed E-state index contributed by atoms with van der Waals surface area (Å²) >= 11 is 0. The molecule has 4 nitrogen and oxygen atoms in total. The second-order valence-corrected chi connectivity index (χ2v) is 6.89. The van der Waals surface area contributed by atoms with Gasteiger partial charge in [0.05, 0.1) is 0 Å². The van der Waals surface area contributed by atoms with Gasteiger partial charge < -0.3 is 33.8 Å². The van der Waals surface area contributed by atoms with Gasteiger partial charge in [0.2, 0.25) is 0 Å². The molecular formula is C21H31IN4. The molecule has 26 heavy (non-hydrogen) atoms. The van der Waals surface area contributed by atoms with Crippen LogP contribution in [0.25, 0.3) is 0 Å². The van der Waals surface area contributed by atoms with Crippen LogP contribution in [0.2, 0.25) is 0 Å². The van der Waals surface area contributed by atoms with Crippen molar-refractivity contribution in [3.05, 3.63) is 49.1 Å². The molecule has 0 bridgehead atoms. The van der Waals surface area contributed by atoms with Gasteiger partial charge in [-0.1, -0.05) is 6.92 Å². The summed E-state index contributed by atoms with van der Waals surface area (Å²) in [5.41, 5.74) is 2.70. The van der Waals surface area contributed by atoms with Gasteiger partial charge in [-0.2, -0.15) is 0 Å². The zero-order valence-electron chi connectivity index (χ0n) is 15.9. The summed E-state index contributed by atoms with van der Waals surface area (Å²) in [7, 11) is 0. The highest BCUT2D eigenvalue weighted by molar-refractivity contribution is 5.45. The van der Waals surface area contributed by atoms with Crippen molar-refractivity contribution in [3.63, 3.8) is 0 Å². The normalized spacial score (nSPS) is 16.0. The van der Waals surface area contributed by atoms with Gasteiger partial charge in [0.1, 0.15) is 6.54 Å². The topological polar surface area (TPSA) is 23.2 Å². The maximum Gasteiger partial charge on any atom is 0.170 e. The molecule has 0 atom stereocenters. The van der Waals surface area contributed by atoms with Crippen molar-refractivity contribution in [3.8, 4) is 0 Å². The van der Waals surface area contributed by atoms with E-state index in [1.54, 1.807) is 0 Å². The fraction of sp³-hybridized carbons (Fsp3) is 0.524. The molecule has 2 saturated heterocycles. The Hall–Kier alpha value is -1.37. The Morgan fingerprint density at radius 2 is 1.27 bits per heavy atom. The molecule has 0 radical (unpaired) electrons. The van der Waals surface area contributed by atoms with Gasteiger partial charge in [-0.05, 0) is 37.8 Å². The molecule has 4 rings (SSSR count). The van der Waals surface area contributed by atoms with Crippen LogP contribution in [0.3, 0.4) is 0 Å². The first kappa shape index (κ1) is 20.9. The fourth-order valence-corrected chi connectivity index (χ4v) is 3.57. The molecule has 4 heterocycles. The predicted molar refractivity (Wildman–Crippen MR) is 104 cm³/mol. The number of aryl methyl sites for hydroxylation is 1. The number of nitrogens with zero attached hydrogens (tertiary/aromatic N) is 4. The van der Waals surface area contributed by atoms with Gasteiger partial charge in [-0.15, -0.1) is 0 Å². The summed E-state index contributed by atoms with van der Waals surface area (Å²) in [6.45, 7) is 8.23. The zero-order valence-corrected chi connectivity index (χ0v) is 18.0. The molecule has 0 amide bonds. The molecule has 0 aromatic carbocycles. The van der Waals surface area contributed by atoms with E-state index in [1.807, 2.05) is 12.4 Å². The maximum atomic E-state index is 3.99. The van der Waals surface area contributed by atoms with E-state index in [9.17, 15) is 0 Å². The van der Waals surface area contributed by atoms with E-state index in [2.05, 4.69) is 62.9 Å². The van der Waals surface area contributed by atoms with E-state index < -0.39 is 0 Å². The van der Waals surface area contributed by atoms with Crippen molar-refractivity contribution in [2.75, 3.05) is 36.0 Å². The molecule has 2 aromatic heterocycles. The molecule has 0 spiro atoms. The molecule has 5 heteroatoms. The van der Waals surface area contributed by atoms with Gasteiger partial charge in [-0.3, -0.25) is 4.98 Å². The number of hydrogen-bond donors (Lipinski definition) is 0. The second kappa shape index (κ2) is 11.4. The van der Waals surface area contributed by atoms with E-state index >= 15 is 0 Å². The minimum atomic E-state index is 0. The van der Waals surface area contributed by atoms with Gasteiger partial charge in [0, 0.05) is 68.5 Å². The number of halogens is 1. The Balaban J connectivity index is 0.000000184. The van der Waals surface area contributed by atoms with Crippen LogP contribution in [0, 0.1) is 0 Å². The highest BCUT2D eigenvalue weighted by Crippen LogP contribution is 2.18.